The summed E-state index contributed by atoms with van der Waals surface area (Å²) in [6.45, 7) is 7.43. The molecule has 1 rings (SSSR count). The highest BCUT2D eigenvalue weighted by Gasteiger charge is 2.25. The number of halogens is 2. The fourth-order valence-electron chi connectivity index (χ4n) is 1.49. The van der Waals surface area contributed by atoms with Crippen molar-refractivity contribution in [2.45, 2.75) is 33.1 Å². The molecule has 1 aromatic carbocycles. The van der Waals surface area contributed by atoms with E-state index >= 15 is 0 Å². The molecule has 0 fully saturated rings. The van der Waals surface area contributed by atoms with Gasteiger partial charge in [0.05, 0.1) is 6.61 Å². The smallest absolute Gasteiger partial charge is 0.171 e. The third-order valence-electron chi connectivity index (χ3n) is 2.11. The Morgan fingerprint density at radius 2 is 1.80 bits per heavy atom. The first-order valence-corrected chi connectivity index (χ1v) is 4.99. The molecule has 0 aromatic heterocycles. The van der Waals surface area contributed by atoms with E-state index in [-0.39, 0.29) is 11.3 Å². The number of benzene rings is 1. The van der Waals surface area contributed by atoms with E-state index in [2.05, 4.69) is 0 Å². The van der Waals surface area contributed by atoms with Crippen LogP contribution in [-0.4, -0.2) is 6.61 Å². The van der Waals surface area contributed by atoms with E-state index < -0.39 is 17.0 Å². The molecule has 84 valence electrons. The molecule has 0 unspecified atom stereocenters. The quantitative estimate of drug-likeness (QED) is 0.730. The molecule has 0 aliphatic carbocycles. The van der Waals surface area contributed by atoms with Crippen molar-refractivity contribution in [2.24, 2.45) is 0 Å². The van der Waals surface area contributed by atoms with Crippen LogP contribution in [-0.2, 0) is 5.41 Å². The molecule has 0 heterocycles. The predicted molar refractivity (Wildman–Crippen MR) is 56.2 cm³/mol. The van der Waals surface area contributed by atoms with Gasteiger partial charge in [0.1, 0.15) is 5.82 Å². The molecule has 0 atom stereocenters. The minimum atomic E-state index is -0.593. The Labute approximate surface area is 89.1 Å². The van der Waals surface area contributed by atoms with E-state index in [1.54, 1.807) is 27.7 Å². The van der Waals surface area contributed by atoms with Crippen LogP contribution >= 0.6 is 0 Å². The summed E-state index contributed by atoms with van der Waals surface area (Å²) in [5.41, 5.74) is -0.491. The summed E-state index contributed by atoms with van der Waals surface area (Å²) in [6, 6.07) is 2.57. The Bertz CT molecular complexity index is 353. The highest BCUT2D eigenvalue weighted by molar-refractivity contribution is 5.36. The summed E-state index contributed by atoms with van der Waals surface area (Å²) in [5.74, 6) is -1.00. The molecule has 0 radical (unpaired) electrons. The zero-order valence-electron chi connectivity index (χ0n) is 9.53. The van der Waals surface area contributed by atoms with Crippen molar-refractivity contribution < 1.29 is 13.5 Å². The zero-order chi connectivity index (χ0) is 11.6. The molecule has 0 saturated carbocycles. The third-order valence-corrected chi connectivity index (χ3v) is 2.11. The summed E-state index contributed by atoms with van der Waals surface area (Å²) in [4.78, 5) is 0. The normalized spacial score (nSPS) is 11.6. The van der Waals surface area contributed by atoms with Crippen LogP contribution in [0.2, 0.25) is 0 Å². The second-order valence-corrected chi connectivity index (χ2v) is 4.42. The monoisotopic (exact) mass is 214 g/mol. The lowest BCUT2D eigenvalue weighted by Crippen LogP contribution is -2.17. The van der Waals surface area contributed by atoms with Crippen molar-refractivity contribution in [3.05, 3.63) is 29.3 Å². The van der Waals surface area contributed by atoms with Crippen molar-refractivity contribution in [1.29, 1.82) is 0 Å². The molecular formula is C12H16F2O. The van der Waals surface area contributed by atoms with Gasteiger partial charge in [0.2, 0.25) is 0 Å². The van der Waals surface area contributed by atoms with Crippen LogP contribution < -0.4 is 4.74 Å². The van der Waals surface area contributed by atoms with Gasteiger partial charge in [-0.05, 0) is 24.5 Å². The van der Waals surface area contributed by atoms with Crippen molar-refractivity contribution in [3.8, 4) is 5.75 Å². The van der Waals surface area contributed by atoms with Crippen molar-refractivity contribution in [1.82, 2.24) is 0 Å². The Kier molecular flexibility index (Phi) is 3.32. The average Bonchev–Trinajstić information content (AvgIpc) is 2.08. The number of ether oxygens (including phenoxy) is 1. The first-order chi connectivity index (χ1) is 6.88. The van der Waals surface area contributed by atoms with Crippen LogP contribution in [0.4, 0.5) is 8.78 Å². The summed E-state index contributed by atoms with van der Waals surface area (Å²) in [7, 11) is 0. The molecule has 0 aliphatic heterocycles. The van der Waals surface area contributed by atoms with Gasteiger partial charge in [-0.3, -0.25) is 0 Å². The van der Waals surface area contributed by atoms with E-state index in [1.807, 2.05) is 0 Å². The van der Waals surface area contributed by atoms with E-state index in [0.717, 1.165) is 0 Å². The molecule has 1 aromatic rings. The van der Waals surface area contributed by atoms with Gasteiger partial charge >= 0.3 is 0 Å². The fourth-order valence-corrected chi connectivity index (χ4v) is 1.49. The highest BCUT2D eigenvalue weighted by Crippen LogP contribution is 2.32. The van der Waals surface area contributed by atoms with Gasteiger partial charge in [0.15, 0.2) is 11.6 Å². The van der Waals surface area contributed by atoms with E-state index in [1.165, 1.54) is 12.1 Å². The van der Waals surface area contributed by atoms with Crippen LogP contribution in [0.1, 0.15) is 33.3 Å². The molecule has 0 aliphatic rings. The van der Waals surface area contributed by atoms with Crippen LogP contribution in [0.3, 0.4) is 0 Å². The fraction of sp³-hybridized carbons (Fsp3) is 0.500. The minimum Gasteiger partial charge on any atom is -0.491 e. The molecule has 0 spiro atoms. The van der Waals surface area contributed by atoms with Gasteiger partial charge in [0.25, 0.3) is 0 Å². The van der Waals surface area contributed by atoms with Gasteiger partial charge in [0, 0.05) is 5.56 Å². The van der Waals surface area contributed by atoms with Crippen molar-refractivity contribution in [2.75, 3.05) is 6.61 Å². The second kappa shape index (κ2) is 4.17. The van der Waals surface area contributed by atoms with Crippen LogP contribution in [0.25, 0.3) is 0 Å². The molecule has 0 bridgehead atoms. The maximum absolute atomic E-state index is 13.9. The van der Waals surface area contributed by atoms with E-state index in [0.29, 0.717) is 6.61 Å². The van der Waals surface area contributed by atoms with E-state index in [9.17, 15) is 8.78 Å². The SMILES string of the molecule is CCOc1ccc(F)c(C(C)(C)C)c1F. The number of rotatable bonds is 2. The summed E-state index contributed by atoms with van der Waals surface area (Å²) < 4.78 is 32.4. The summed E-state index contributed by atoms with van der Waals surface area (Å²) >= 11 is 0. The maximum Gasteiger partial charge on any atom is 0.171 e. The minimum absolute atomic E-state index is 0.0773. The lowest BCUT2D eigenvalue weighted by molar-refractivity contribution is 0.314. The average molecular weight is 214 g/mol. The van der Waals surface area contributed by atoms with Gasteiger partial charge in [-0.15, -0.1) is 0 Å². The molecular weight excluding hydrogens is 198 g/mol. The van der Waals surface area contributed by atoms with Gasteiger partial charge in [-0.1, -0.05) is 20.8 Å². The predicted octanol–water partition coefficient (Wildman–Crippen LogP) is 3.66. The summed E-state index contributed by atoms with van der Waals surface area (Å²) in [5, 5.41) is 0. The lowest BCUT2D eigenvalue weighted by atomic mass is 9.86. The number of hydrogen-bond donors (Lipinski definition) is 0. The molecule has 0 amide bonds. The first kappa shape index (κ1) is 12.0. The molecule has 3 heteroatoms. The van der Waals surface area contributed by atoms with Crippen LogP contribution in [0, 0.1) is 11.6 Å². The molecule has 0 N–H and O–H groups in total. The van der Waals surface area contributed by atoms with Crippen molar-refractivity contribution in [3.63, 3.8) is 0 Å². The van der Waals surface area contributed by atoms with Gasteiger partial charge in [-0.2, -0.15) is 0 Å². The molecule has 0 saturated heterocycles. The molecule has 15 heavy (non-hydrogen) atoms. The number of hydrogen-bond acceptors (Lipinski definition) is 1. The topological polar surface area (TPSA) is 9.23 Å². The Hall–Kier alpha value is -1.12. The first-order valence-electron chi connectivity index (χ1n) is 4.99. The van der Waals surface area contributed by atoms with Crippen molar-refractivity contribution >= 4 is 0 Å². The zero-order valence-corrected chi connectivity index (χ0v) is 9.53. The standard InChI is InChI=1S/C12H16F2O/c1-5-15-9-7-6-8(13)10(11(9)14)12(2,3)4/h6-7H,5H2,1-4H3. The van der Waals surface area contributed by atoms with Gasteiger partial charge < -0.3 is 4.74 Å². The Balaban J connectivity index is 3.30. The second-order valence-electron chi connectivity index (χ2n) is 4.42. The maximum atomic E-state index is 13.9. The van der Waals surface area contributed by atoms with E-state index in [4.69, 9.17) is 4.74 Å². The highest BCUT2D eigenvalue weighted by atomic mass is 19.1. The largest absolute Gasteiger partial charge is 0.491 e. The van der Waals surface area contributed by atoms with Crippen LogP contribution in [0.15, 0.2) is 12.1 Å². The molecule has 1 nitrogen and oxygen atoms in total. The Morgan fingerprint density at radius 1 is 1.20 bits per heavy atom. The van der Waals surface area contributed by atoms with Gasteiger partial charge in [-0.25, -0.2) is 8.78 Å². The third kappa shape index (κ3) is 2.46. The Morgan fingerprint density at radius 3 is 2.27 bits per heavy atom. The summed E-state index contributed by atoms with van der Waals surface area (Å²) in [6.07, 6.45) is 0. The van der Waals surface area contributed by atoms with Crippen LogP contribution in [0.5, 0.6) is 5.75 Å². The lowest BCUT2D eigenvalue weighted by Gasteiger charge is -2.21.